The molecule has 0 rings (SSSR count). The molecule has 0 saturated carbocycles. The van der Waals surface area contributed by atoms with Gasteiger partial charge in [-0.15, -0.1) is 0 Å². The molecule has 0 radical (unpaired) electrons. The molecule has 0 aromatic heterocycles. The van der Waals surface area contributed by atoms with E-state index in [1.54, 1.807) is 0 Å². The quantitative estimate of drug-likeness (QED) is 0.289. The maximum Gasteiger partial charge on any atom is 0.105 e. The molecular formula is C6H16N2O. The van der Waals surface area contributed by atoms with Crippen LogP contribution in [0.3, 0.4) is 0 Å². The van der Waals surface area contributed by atoms with Gasteiger partial charge in [0.1, 0.15) is 6.73 Å². The Hall–Kier alpha value is -0.120. The summed E-state index contributed by atoms with van der Waals surface area (Å²) >= 11 is 0. The molecule has 0 aromatic carbocycles. The summed E-state index contributed by atoms with van der Waals surface area (Å²) in [5.41, 5.74) is 5.75. The molecule has 0 bridgehead atoms. The predicted molar refractivity (Wildman–Crippen MR) is 37.7 cm³/mol. The summed E-state index contributed by atoms with van der Waals surface area (Å²) in [6.07, 6.45) is 0. The van der Waals surface area contributed by atoms with Gasteiger partial charge in [0.05, 0.1) is 0 Å². The molecule has 0 fully saturated rings. The first-order valence-electron chi connectivity index (χ1n) is 3.13. The maximum atomic E-state index is 8.29. The molecule has 0 atom stereocenters. The van der Waals surface area contributed by atoms with Gasteiger partial charge < -0.3 is 5.11 Å². The fourth-order valence-electron chi connectivity index (χ4n) is 0.384. The van der Waals surface area contributed by atoms with Crippen molar-refractivity contribution < 1.29 is 5.11 Å². The second-order valence-corrected chi connectivity index (χ2v) is 3.25. The van der Waals surface area contributed by atoms with E-state index in [1.807, 2.05) is 0 Å². The van der Waals surface area contributed by atoms with Gasteiger partial charge in [0.25, 0.3) is 0 Å². The first-order chi connectivity index (χ1) is 4.06. The number of hydrogen-bond donors (Lipinski definition) is 3. The second-order valence-electron chi connectivity index (χ2n) is 3.25. The Labute approximate surface area is 56.4 Å². The van der Waals surface area contributed by atoms with Crippen molar-refractivity contribution in [1.82, 2.24) is 10.9 Å². The van der Waals surface area contributed by atoms with Crippen LogP contribution in [0.5, 0.6) is 0 Å². The monoisotopic (exact) mass is 132 g/mol. The Bertz CT molecular complexity index is 67.9. The lowest BCUT2D eigenvalue weighted by Gasteiger charge is -2.18. The molecule has 0 aliphatic rings. The molecule has 0 unspecified atom stereocenters. The number of hydrazine groups is 1. The lowest BCUT2D eigenvalue weighted by Crippen LogP contribution is -2.38. The third-order valence-electron chi connectivity index (χ3n) is 0.823. The average Bonchev–Trinajstić information content (AvgIpc) is 1.63. The Morgan fingerprint density at radius 3 is 2.11 bits per heavy atom. The predicted octanol–water partition coefficient (Wildman–Crippen LogP) is 0.0765. The van der Waals surface area contributed by atoms with Crippen molar-refractivity contribution in [2.75, 3.05) is 13.3 Å². The molecule has 56 valence electrons. The highest BCUT2D eigenvalue weighted by atomic mass is 16.3. The summed E-state index contributed by atoms with van der Waals surface area (Å²) < 4.78 is 0. The SMILES string of the molecule is CC(C)(C)CNNCO. The molecule has 3 heteroatoms. The summed E-state index contributed by atoms with van der Waals surface area (Å²) in [6, 6.07) is 0. The molecular weight excluding hydrogens is 116 g/mol. The number of aliphatic hydroxyl groups is 1. The number of nitrogens with one attached hydrogen (secondary N) is 2. The molecule has 0 saturated heterocycles. The first-order valence-corrected chi connectivity index (χ1v) is 3.13. The highest BCUT2D eigenvalue weighted by molar-refractivity contribution is 4.61. The third kappa shape index (κ3) is 7.88. The summed E-state index contributed by atoms with van der Waals surface area (Å²) in [4.78, 5) is 0. The highest BCUT2D eigenvalue weighted by Gasteiger charge is 2.07. The van der Waals surface area contributed by atoms with Crippen LogP contribution in [0.4, 0.5) is 0 Å². The van der Waals surface area contributed by atoms with Gasteiger partial charge in [-0.1, -0.05) is 20.8 Å². The van der Waals surface area contributed by atoms with E-state index in [-0.39, 0.29) is 12.1 Å². The van der Waals surface area contributed by atoms with Crippen LogP contribution in [-0.2, 0) is 0 Å². The number of hydrogen-bond acceptors (Lipinski definition) is 3. The van der Waals surface area contributed by atoms with E-state index >= 15 is 0 Å². The molecule has 3 nitrogen and oxygen atoms in total. The van der Waals surface area contributed by atoms with E-state index in [4.69, 9.17) is 5.11 Å². The van der Waals surface area contributed by atoms with E-state index in [2.05, 4.69) is 31.6 Å². The van der Waals surface area contributed by atoms with Crippen molar-refractivity contribution in [3.8, 4) is 0 Å². The van der Waals surface area contributed by atoms with E-state index in [1.165, 1.54) is 0 Å². The molecule has 9 heavy (non-hydrogen) atoms. The zero-order chi connectivity index (χ0) is 7.33. The molecule has 0 aromatic rings. The van der Waals surface area contributed by atoms with Crippen LogP contribution in [-0.4, -0.2) is 18.4 Å². The lowest BCUT2D eigenvalue weighted by atomic mass is 9.98. The lowest BCUT2D eigenvalue weighted by molar-refractivity contribution is 0.222. The van der Waals surface area contributed by atoms with Crippen molar-refractivity contribution in [1.29, 1.82) is 0 Å². The van der Waals surface area contributed by atoms with Crippen molar-refractivity contribution in [3.05, 3.63) is 0 Å². The first kappa shape index (κ1) is 8.88. The topological polar surface area (TPSA) is 44.3 Å². The van der Waals surface area contributed by atoms with Gasteiger partial charge in [-0.25, -0.2) is 5.43 Å². The van der Waals surface area contributed by atoms with Gasteiger partial charge in [0, 0.05) is 6.54 Å². The highest BCUT2D eigenvalue weighted by Crippen LogP contribution is 2.09. The van der Waals surface area contributed by atoms with Crippen LogP contribution in [0.25, 0.3) is 0 Å². The largest absolute Gasteiger partial charge is 0.380 e. The molecule has 3 N–H and O–H groups in total. The third-order valence-corrected chi connectivity index (χ3v) is 0.823. The Morgan fingerprint density at radius 1 is 1.22 bits per heavy atom. The van der Waals surface area contributed by atoms with Gasteiger partial charge in [-0.3, -0.25) is 5.43 Å². The minimum atomic E-state index is -0.0178. The number of rotatable bonds is 3. The van der Waals surface area contributed by atoms with E-state index in [9.17, 15) is 0 Å². The fraction of sp³-hybridized carbons (Fsp3) is 1.00. The average molecular weight is 132 g/mol. The van der Waals surface area contributed by atoms with Crippen LogP contribution in [0, 0.1) is 5.41 Å². The summed E-state index contributed by atoms with van der Waals surface area (Å²) in [5, 5.41) is 8.29. The van der Waals surface area contributed by atoms with Crippen LogP contribution >= 0.6 is 0 Å². The van der Waals surface area contributed by atoms with Gasteiger partial charge in [0.2, 0.25) is 0 Å². The van der Waals surface area contributed by atoms with Crippen molar-refractivity contribution >= 4 is 0 Å². The summed E-state index contributed by atoms with van der Waals surface area (Å²) in [6.45, 7) is 7.21. The van der Waals surface area contributed by atoms with Gasteiger partial charge >= 0.3 is 0 Å². The van der Waals surface area contributed by atoms with Crippen LogP contribution in [0.15, 0.2) is 0 Å². The standard InChI is InChI=1S/C6H16N2O/c1-6(2,3)4-7-8-5-9/h7-9H,4-5H2,1-3H3. The van der Waals surface area contributed by atoms with Gasteiger partial charge in [-0.05, 0) is 5.41 Å². The Kier molecular flexibility index (Phi) is 3.77. The Balaban J connectivity index is 3.07. The number of aliphatic hydroxyl groups excluding tert-OH is 1. The minimum absolute atomic E-state index is 0.0178. The molecule has 0 spiro atoms. The van der Waals surface area contributed by atoms with E-state index in [0.29, 0.717) is 0 Å². The minimum Gasteiger partial charge on any atom is -0.380 e. The van der Waals surface area contributed by atoms with Crippen molar-refractivity contribution in [3.63, 3.8) is 0 Å². The summed E-state index contributed by atoms with van der Waals surface area (Å²) in [7, 11) is 0. The van der Waals surface area contributed by atoms with Crippen LogP contribution < -0.4 is 10.9 Å². The van der Waals surface area contributed by atoms with Crippen molar-refractivity contribution in [2.45, 2.75) is 20.8 Å². The molecule has 0 heterocycles. The Morgan fingerprint density at radius 2 is 1.78 bits per heavy atom. The zero-order valence-corrected chi connectivity index (χ0v) is 6.36. The van der Waals surface area contributed by atoms with Crippen molar-refractivity contribution in [2.24, 2.45) is 5.41 Å². The van der Waals surface area contributed by atoms with Crippen LogP contribution in [0.1, 0.15) is 20.8 Å². The maximum absolute atomic E-state index is 8.29. The van der Waals surface area contributed by atoms with Crippen LogP contribution in [0.2, 0.25) is 0 Å². The zero-order valence-electron chi connectivity index (χ0n) is 6.36. The second kappa shape index (κ2) is 3.82. The van der Waals surface area contributed by atoms with E-state index in [0.717, 1.165) is 6.54 Å². The fourth-order valence-corrected chi connectivity index (χ4v) is 0.384. The molecule has 0 aliphatic carbocycles. The molecule has 0 amide bonds. The molecule has 0 aliphatic heterocycles. The smallest absolute Gasteiger partial charge is 0.105 e. The normalized spacial score (nSPS) is 12.0. The summed E-state index contributed by atoms with van der Waals surface area (Å²) in [5.74, 6) is 0. The van der Waals surface area contributed by atoms with E-state index < -0.39 is 0 Å². The van der Waals surface area contributed by atoms with Gasteiger partial charge in [0.15, 0.2) is 0 Å². The van der Waals surface area contributed by atoms with Gasteiger partial charge in [-0.2, -0.15) is 0 Å².